The maximum Gasteiger partial charge on any atom is 0.254 e. The fourth-order valence-electron chi connectivity index (χ4n) is 2.38. The Bertz CT molecular complexity index is 807. The number of para-hydroxylation sites is 2. The molecule has 0 atom stereocenters. The zero-order valence-corrected chi connectivity index (χ0v) is 12.6. The van der Waals surface area contributed by atoms with E-state index < -0.39 is 0 Å². The summed E-state index contributed by atoms with van der Waals surface area (Å²) < 4.78 is 2.10. The first-order valence-electron chi connectivity index (χ1n) is 7.20. The minimum Gasteiger partial charge on any atom is -0.345 e. The maximum absolute atomic E-state index is 12.1. The molecule has 0 aliphatic carbocycles. The number of carbonyl (C=O) groups excluding carboxylic acids is 1. The highest BCUT2D eigenvalue weighted by Crippen LogP contribution is 2.15. The number of aromatic nitrogens is 4. The van der Waals surface area contributed by atoms with Crippen LogP contribution in [0.15, 0.2) is 36.7 Å². The first-order valence-corrected chi connectivity index (χ1v) is 7.20. The van der Waals surface area contributed by atoms with Crippen LogP contribution in [0.4, 0.5) is 0 Å². The van der Waals surface area contributed by atoms with E-state index in [0.717, 1.165) is 23.4 Å². The average molecular weight is 295 g/mol. The normalized spacial score (nSPS) is 10.8. The number of hydrogen-bond donors (Lipinski definition) is 1. The van der Waals surface area contributed by atoms with Gasteiger partial charge in [0.2, 0.25) is 0 Å². The quantitative estimate of drug-likeness (QED) is 0.800. The van der Waals surface area contributed by atoms with E-state index in [9.17, 15) is 4.79 Å². The summed E-state index contributed by atoms with van der Waals surface area (Å²) in [6.45, 7) is 5.02. The lowest BCUT2D eigenvalue weighted by Crippen LogP contribution is -2.25. The molecule has 6 nitrogen and oxygen atoms in total. The molecule has 1 amide bonds. The van der Waals surface area contributed by atoms with Gasteiger partial charge < -0.3 is 9.88 Å². The van der Waals surface area contributed by atoms with Crippen molar-refractivity contribution in [1.29, 1.82) is 0 Å². The van der Waals surface area contributed by atoms with Gasteiger partial charge in [0, 0.05) is 18.9 Å². The summed E-state index contributed by atoms with van der Waals surface area (Å²) in [5, 5.41) is 2.87. The van der Waals surface area contributed by atoms with E-state index in [1.807, 2.05) is 24.3 Å². The summed E-state index contributed by atoms with van der Waals surface area (Å²) in [7, 11) is 0. The lowest BCUT2D eigenvalue weighted by molar-refractivity contribution is 0.0948. The number of aryl methyl sites for hydroxylation is 2. The molecule has 112 valence electrons. The molecule has 0 fully saturated rings. The van der Waals surface area contributed by atoms with Crippen molar-refractivity contribution < 1.29 is 4.79 Å². The zero-order chi connectivity index (χ0) is 15.5. The highest BCUT2D eigenvalue weighted by molar-refractivity contribution is 5.93. The van der Waals surface area contributed by atoms with Crippen LogP contribution in [0, 0.1) is 6.92 Å². The number of nitrogens with one attached hydrogen (secondary N) is 1. The Labute approximate surface area is 128 Å². The van der Waals surface area contributed by atoms with E-state index in [-0.39, 0.29) is 5.91 Å². The number of imidazole rings is 1. The van der Waals surface area contributed by atoms with Gasteiger partial charge in [0.25, 0.3) is 5.91 Å². The van der Waals surface area contributed by atoms with Gasteiger partial charge in [-0.1, -0.05) is 12.1 Å². The summed E-state index contributed by atoms with van der Waals surface area (Å²) in [6.07, 6.45) is 3.06. The minimum absolute atomic E-state index is 0.199. The van der Waals surface area contributed by atoms with Crippen LogP contribution in [0.25, 0.3) is 11.0 Å². The van der Waals surface area contributed by atoms with Crippen molar-refractivity contribution in [2.75, 3.05) is 0 Å². The van der Waals surface area contributed by atoms with Gasteiger partial charge in [0.05, 0.1) is 23.1 Å². The zero-order valence-electron chi connectivity index (χ0n) is 12.6. The number of rotatable bonds is 4. The van der Waals surface area contributed by atoms with Gasteiger partial charge in [-0.2, -0.15) is 0 Å². The van der Waals surface area contributed by atoms with E-state index in [4.69, 9.17) is 0 Å². The highest BCUT2D eigenvalue weighted by atomic mass is 16.1. The second-order valence-corrected chi connectivity index (χ2v) is 4.96. The summed E-state index contributed by atoms with van der Waals surface area (Å²) in [4.78, 5) is 24.8. The van der Waals surface area contributed by atoms with Gasteiger partial charge in [-0.3, -0.25) is 4.79 Å². The Hall–Kier alpha value is -2.76. The summed E-state index contributed by atoms with van der Waals surface area (Å²) in [6, 6.07) is 7.95. The van der Waals surface area contributed by atoms with E-state index in [1.54, 1.807) is 6.92 Å². The van der Waals surface area contributed by atoms with Crippen LogP contribution >= 0.6 is 0 Å². The molecule has 2 aromatic heterocycles. The van der Waals surface area contributed by atoms with Crippen molar-refractivity contribution in [1.82, 2.24) is 24.8 Å². The Kier molecular flexibility index (Phi) is 3.82. The van der Waals surface area contributed by atoms with Crippen molar-refractivity contribution >= 4 is 16.9 Å². The van der Waals surface area contributed by atoms with Gasteiger partial charge in [-0.15, -0.1) is 0 Å². The van der Waals surface area contributed by atoms with Gasteiger partial charge in [0.15, 0.2) is 0 Å². The first-order chi connectivity index (χ1) is 10.7. The number of nitrogens with zero attached hydrogens (tertiary/aromatic N) is 4. The number of carbonyl (C=O) groups is 1. The predicted octanol–water partition coefficient (Wildman–Crippen LogP) is 2.08. The Morgan fingerprint density at radius 1 is 1.23 bits per heavy atom. The van der Waals surface area contributed by atoms with Crippen molar-refractivity contribution in [2.45, 2.75) is 26.9 Å². The van der Waals surface area contributed by atoms with Gasteiger partial charge in [-0.05, 0) is 26.0 Å². The molecule has 3 rings (SSSR count). The monoisotopic (exact) mass is 295 g/mol. The van der Waals surface area contributed by atoms with E-state index in [2.05, 4.69) is 31.8 Å². The van der Waals surface area contributed by atoms with Crippen molar-refractivity contribution in [3.05, 3.63) is 53.9 Å². The largest absolute Gasteiger partial charge is 0.345 e. The number of hydrogen-bond acceptors (Lipinski definition) is 4. The fraction of sp³-hybridized carbons (Fsp3) is 0.250. The van der Waals surface area contributed by atoms with Crippen molar-refractivity contribution in [3.63, 3.8) is 0 Å². The molecule has 22 heavy (non-hydrogen) atoms. The Morgan fingerprint density at radius 3 is 2.68 bits per heavy atom. The van der Waals surface area contributed by atoms with E-state index >= 15 is 0 Å². The SMILES string of the molecule is CCn1c(CNC(=O)c2cnc(C)nc2)nc2ccccc21. The van der Waals surface area contributed by atoms with Gasteiger partial charge in [-0.25, -0.2) is 15.0 Å². The predicted molar refractivity (Wildman–Crippen MR) is 83.3 cm³/mol. The summed E-state index contributed by atoms with van der Waals surface area (Å²) >= 11 is 0. The molecule has 0 aliphatic rings. The smallest absolute Gasteiger partial charge is 0.254 e. The third-order valence-electron chi connectivity index (χ3n) is 3.50. The second-order valence-electron chi connectivity index (χ2n) is 4.96. The molecule has 0 unspecified atom stereocenters. The lowest BCUT2D eigenvalue weighted by Gasteiger charge is -2.07. The lowest BCUT2D eigenvalue weighted by atomic mass is 10.3. The third-order valence-corrected chi connectivity index (χ3v) is 3.50. The second kappa shape index (κ2) is 5.93. The van der Waals surface area contributed by atoms with Crippen LogP contribution in [0.2, 0.25) is 0 Å². The fourth-order valence-corrected chi connectivity index (χ4v) is 2.38. The molecular formula is C16H17N5O. The molecule has 0 spiro atoms. The molecule has 3 aromatic rings. The molecule has 1 N–H and O–H groups in total. The van der Waals surface area contributed by atoms with Gasteiger partial charge >= 0.3 is 0 Å². The maximum atomic E-state index is 12.1. The van der Waals surface area contributed by atoms with Crippen molar-refractivity contribution in [2.24, 2.45) is 0 Å². The van der Waals surface area contributed by atoms with Gasteiger partial charge in [0.1, 0.15) is 11.6 Å². The van der Waals surface area contributed by atoms with Crippen LogP contribution in [-0.2, 0) is 13.1 Å². The molecule has 0 radical (unpaired) electrons. The molecule has 2 heterocycles. The highest BCUT2D eigenvalue weighted by Gasteiger charge is 2.11. The molecule has 6 heteroatoms. The molecule has 0 saturated carbocycles. The first kappa shape index (κ1) is 14.2. The van der Waals surface area contributed by atoms with Crippen LogP contribution in [0.3, 0.4) is 0 Å². The molecule has 0 aliphatic heterocycles. The van der Waals surface area contributed by atoms with E-state index in [1.165, 1.54) is 12.4 Å². The van der Waals surface area contributed by atoms with Crippen molar-refractivity contribution in [3.8, 4) is 0 Å². The van der Waals surface area contributed by atoms with Crippen LogP contribution in [-0.4, -0.2) is 25.4 Å². The summed E-state index contributed by atoms with van der Waals surface area (Å²) in [5.41, 5.74) is 2.46. The standard InChI is InChI=1S/C16H17N5O/c1-3-21-14-7-5-4-6-13(14)20-15(21)10-19-16(22)12-8-17-11(2)18-9-12/h4-9H,3,10H2,1-2H3,(H,19,22). The third kappa shape index (κ3) is 2.67. The molecule has 0 saturated heterocycles. The number of fused-ring (bicyclic) bond motifs is 1. The molecular weight excluding hydrogens is 278 g/mol. The molecule has 1 aromatic carbocycles. The van der Waals surface area contributed by atoms with Crippen LogP contribution < -0.4 is 5.32 Å². The Balaban J connectivity index is 1.79. The average Bonchev–Trinajstić information content (AvgIpc) is 2.90. The van der Waals surface area contributed by atoms with E-state index in [0.29, 0.717) is 17.9 Å². The van der Waals surface area contributed by atoms with Crippen LogP contribution in [0.1, 0.15) is 28.9 Å². The Morgan fingerprint density at radius 2 is 1.95 bits per heavy atom. The number of benzene rings is 1. The number of amides is 1. The van der Waals surface area contributed by atoms with Crippen LogP contribution in [0.5, 0.6) is 0 Å². The minimum atomic E-state index is -0.199. The summed E-state index contributed by atoms with van der Waals surface area (Å²) in [5.74, 6) is 1.28. The molecule has 0 bridgehead atoms. The topological polar surface area (TPSA) is 72.7 Å².